The van der Waals surface area contributed by atoms with Gasteiger partial charge in [0.2, 0.25) is 0 Å². The van der Waals surface area contributed by atoms with E-state index in [1.807, 2.05) is 0 Å². The van der Waals surface area contributed by atoms with Gasteiger partial charge in [0.05, 0.1) is 13.2 Å². The van der Waals surface area contributed by atoms with Crippen molar-refractivity contribution in [2.75, 3.05) is 13.2 Å². The summed E-state index contributed by atoms with van der Waals surface area (Å²) in [5.41, 5.74) is 0. The van der Waals surface area contributed by atoms with Gasteiger partial charge in [-0.3, -0.25) is 9.80 Å². The van der Waals surface area contributed by atoms with Crippen molar-refractivity contribution in [3.05, 3.63) is 73.4 Å². The van der Waals surface area contributed by atoms with Crippen LogP contribution in [0, 0.1) is 0 Å². The number of amides is 2. The van der Waals surface area contributed by atoms with Crippen LogP contribution in [0.5, 0.6) is 0 Å². The van der Waals surface area contributed by atoms with Crippen molar-refractivity contribution in [2.24, 2.45) is 0 Å². The van der Waals surface area contributed by atoms with Crippen molar-refractivity contribution >= 4 is 24.6 Å². The number of halogens is 7. The van der Waals surface area contributed by atoms with Gasteiger partial charge in [-0.2, -0.15) is 26.3 Å². The lowest BCUT2D eigenvalue weighted by Gasteiger charge is -2.13. The zero-order valence-corrected chi connectivity index (χ0v) is 19.2. The third-order valence-electron chi connectivity index (χ3n) is 3.74. The minimum Gasteiger partial charge on any atom is -0.449 e. The summed E-state index contributed by atoms with van der Waals surface area (Å²) in [6.45, 7) is -0.492. The van der Waals surface area contributed by atoms with E-state index in [0.29, 0.717) is 0 Å². The van der Waals surface area contributed by atoms with Crippen LogP contribution < -0.4 is 0 Å². The Morgan fingerprint density at radius 2 is 0.857 bits per heavy atom. The lowest BCUT2D eigenvalue weighted by molar-refractivity contribution is -0.137. The number of allylic oxidation sites excluding steroid dienone is 8. The van der Waals surface area contributed by atoms with E-state index in [4.69, 9.17) is 0 Å². The molecule has 35 heavy (non-hydrogen) atoms. The normalized spacial score (nSPS) is 14.5. The lowest BCUT2D eigenvalue weighted by Crippen LogP contribution is -2.21. The van der Waals surface area contributed by atoms with E-state index in [-0.39, 0.29) is 38.5 Å². The average molecular weight is 531 g/mol. The molecule has 0 saturated heterocycles. The first-order valence-corrected chi connectivity index (χ1v) is 10.0. The molecule has 0 aromatic rings. The first kappa shape index (κ1) is 31.9. The largest absolute Gasteiger partial charge is 0.449 e. The predicted molar refractivity (Wildman–Crippen MR) is 119 cm³/mol. The summed E-state index contributed by atoms with van der Waals surface area (Å²) in [7, 11) is 0. The van der Waals surface area contributed by atoms with Crippen molar-refractivity contribution in [3.8, 4) is 0 Å². The molecule has 0 unspecified atom stereocenters. The number of hydrogen-bond acceptors (Lipinski definition) is 4. The average Bonchev–Trinajstić information content (AvgIpc) is 3.19. The molecule has 2 rings (SSSR count). The number of rotatable bonds is 6. The number of hydrogen-bond donors (Lipinski definition) is 0. The molecule has 196 valence electrons. The molecule has 0 aromatic carbocycles. The quantitative estimate of drug-likeness (QED) is 0.270. The third kappa shape index (κ3) is 17.0. The molecular formula is C22H25ClF6N2O4. The first-order valence-electron chi connectivity index (χ1n) is 10.0. The second-order valence-corrected chi connectivity index (χ2v) is 6.62. The highest BCUT2D eigenvalue weighted by Gasteiger charge is 2.27. The summed E-state index contributed by atoms with van der Waals surface area (Å²) in [4.78, 5) is 25.1. The van der Waals surface area contributed by atoms with Crippen molar-refractivity contribution in [3.63, 3.8) is 0 Å². The second-order valence-electron chi connectivity index (χ2n) is 6.62. The maximum Gasteiger partial charge on any atom is 0.417 e. The number of carbonyl (C=O) groups is 2. The number of ether oxygens (including phenoxy) is 2. The van der Waals surface area contributed by atoms with Crippen molar-refractivity contribution < 1.29 is 45.4 Å². The van der Waals surface area contributed by atoms with Crippen molar-refractivity contribution in [1.29, 1.82) is 0 Å². The van der Waals surface area contributed by atoms with Crippen LogP contribution in [0.2, 0.25) is 0 Å². The van der Waals surface area contributed by atoms with E-state index in [1.54, 1.807) is 48.6 Å². The van der Waals surface area contributed by atoms with Gasteiger partial charge in [-0.25, -0.2) is 9.59 Å². The van der Waals surface area contributed by atoms with Crippen LogP contribution in [0.3, 0.4) is 0 Å². The molecule has 0 radical (unpaired) electrons. The summed E-state index contributed by atoms with van der Waals surface area (Å²) < 4.78 is 80.2. The fourth-order valence-electron chi connectivity index (χ4n) is 2.18. The Hall–Kier alpha value is -3.15. The highest BCUT2D eigenvalue weighted by molar-refractivity contribution is 5.85. The SMILES string of the molecule is Cl.O=C(OCCCC(F)(F)F)N1C=CC=CC=C1.O=C(OCCCC(F)(F)F)N1C=CC=CC=C1. The van der Waals surface area contributed by atoms with E-state index in [9.17, 15) is 35.9 Å². The smallest absolute Gasteiger partial charge is 0.417 e. The summed E-state index contributed by atoms with van der Waals surface area (Å²) in [5, 5.41) is 0. The molecule has 0 spiro atoms. The maximum absolute atomic E-state index is 11.8. The Labute approximate surface area is 204 Å². The fourth-order valence-corrected chi connectivity index (χ4v) is 2.18. The zero-order chi connectivity index (χ0) is 25.5. The topological polar surface area (TPSA) is 59.1 Å². The van der Waals surface area contributed by atoms with Crippen LogP contribution >= 0.6 is 12.4 Å². The Kier molecular flexibility index (Phi) is 15.0. The van der Waals surface area contributed by atoms with Gasteiger partial charge in [-0.05, 0) is 37.1 Å². The van der Waals surface area contributed by atoms with E-state index < -0.39 is 37.4 Å². The minimum absolute atomic E-state index is 0. The van der Waals surface area contributed by atoms with Crippen LogP contribution in [0.15, 0.2) is 73.4 Å². The Morgan fingerprint density at radius 3 is 1.11 bits per heavy atom. The molecular weight excluding hydrogens is 506 g/mol. The Bertz CT molecular complexity index is 733. The summed E-state index contributed by atoms with van der Waals surface area (Å²) >= 11 is 0. The molecule has 0 atom stereocenters. The van der Waals surface area contributed by atoms with Gasteiger partial charge in [0, 0.05) is 37.6 Å². The first-order chi connectivity index (χ1) is 16.0. The molecule has 2 aliphatic rings. The van der Waals surface area contributed by atoms with E-state index in [2.05, 4.69) is 9.47 Å². The van der Waals surface area contributed by atoms with Gasteiger partial charge in [-0.15, -0.1) is 12.4 Å². The Balaban J connectivity index is 0.000000642. The molecule has 0 N–H and O–H groups in total. The van der Waals surface area contributed by atoms with Gasteiger partial charge in [0.1, 0.15) is 0 Å². The summed E-state index contributed by atoms with van der Waals surface area (Å²) in [6.07, 6.45) is 7.05. The standard InChI is InChI=1S/2C11H12F3NO2.ClH/c2*12-11(13,14)6-5-9-17-10(16)15-7-3-1-2-4-8-15;/h2*1-4,7-8H,5-6,9H2;1H. The summed E-state index contributed by atoms with van der Waals surface area (Å²) in [5.74, 6) is 0. The van der Waals surface area contributed by atoms with Gasteiger partial charge in [0.25, 0.3) is 0 Å². The van der Waals surface area contributed by atoms with E-state index >= 15 is 0 Å². The van der Waals surface area contributed by atoms with Crippen LogP contribution in [0.4, 0.5) is 35.9 Å². The molecule has 6 nitrogen and oxygen atoms in total. The van der Waals surface area contributed by atoms with Crippen molar-refractivity contribution in [2.45, 2.75) is 38.0 Å². The fraction of sp³-hybridized carbons (Fsp3) is 0.364. The van der Waals surface area contributed by atoms with E-state index in [1.165, 1.54) is 24.8 Å². The molecule has 13 heteroatoms. The third-order valence-corrected chi connectivity index (χ3v) is 3.74. The van der Waals surface area contributed by atoms with Crippen LogP contribution in [-0.4, -0.2) is 47.6 Å². The molecule has 2 aliphatic heterocycles. The molecule has 0 aliphatic carbocycles. The molecule has 2 amide bonds. The van der Waals surface area contributed by atoms with Gasteiger partial charge in [-0.1, -0.05) is 24.3 Å². The number of nitrogens with zero attached hydrogens (tertiary/aromatic N) is 2. The number of carbonyl (C=O) groups excluding carboxylic acids is 2. The van der Waals surface area contributed by atoms with Gasteiger partial charge >= 0.3 is 24.5 Å². The monoisotopic (exact) mass is 530 g/mol. The van der Waals surface area contributed by atoms with E-state index in [0.717, 1.165) is 9.80 Å². The maximum atomic E-state index is 11.8. The lowest BCUT2D eigenvalue weighted by atomic mass is 10.3. The molecule has 0 saturated carbocycles. The van der Waals surface area contributed by atoms with Gasteiger partial charge < -0.3 is 9.47 Å². The zero-order valence-electron chi connectivity index (χ0n) is 18.4. The minimum atomic E-state index is -4.21. The predicted octanol–water partition coefficient (Wildman–Crippen LogP) is 7.15. The highest BCUT2D eigenvalue weighted by Crippen LogP contribution is 2.22. The van der Waals surface area contributed by atoms with Gasteiger partial charge in [0.15, 0.2) is 0 Å². The molecule has 0 aromatic heterocycles. The molecule has 0 bridgehead atoms. The molecule has 0 fully saturated rings. The van der Waals surface area contributed by atoms with Crippen molar-refractivity contribution in [1.82, 2.24) is 9.80 Å². The number of alkyl halides is 6. The summed E-state index contributed by atoms with van der Waals surface area (Å²) in [6, 6.07) is 0. The second kappa shape index (κ2) is 16.5. The Morgan fingerprint density at radius 1 is 0.571 bits per heavy atom. The van der Waals surface area contributed by atoms with Crippen LogP contribution in [0.1, 0.15) is 25.7 Å². The highest BCUT2D eigenvalue weighted by atomic mass is 35.5. The van der Waals surface area contributed by atoms with Crippen LogP contribution in [0.25, 0.3) is 0 Å². The van der Waals surface area contributed by atoms with Crippen LogP contribution in [-0.2, 0) is 9.47 Å². The molecule has 2 heterocycles.